The Balaban J connectivity index is 1.48. The molecule has 1 spiro atoms. The number of sulfonamides is 1. The van der Waals surface area contributed by atoms with Crippen molar-refractivity contribution in [2.45, 2.75) is 54.8 Å². The number of fused-ring (bicyclic) bond motifs is 2. The molecule has 1 saturated heterocycles. The number of carboxylic acids is 1. The number of carbonyl (C=O) groups is 2. The van der Waals surface area contributed by atoms with Gasteiger partial charge in [-0.05, 0) is 86.8 Å². The minimum Gasteiger partial charge on any atom is -0.477 e. The maximum absolute atomic E-state index is 14.7. The van der Waals surface area contributed by atoms with Gasteiger partial charge in [0, 0.05) is 29.7 Å². The van der Waals surface area contributed by atoms with E-state index in [4.69, 9.17) is 0 Å². The smallest absolute Gasteiger partial charge is 0.416 e. The van der Waals surface area contributed by atoms with Crippen LogP contribution in [0, 0.1) is 11.7 Å². The highest BCUT2D eigenvalue weighted by Gasteiger charge is 2.71. The van der Waals surface area contributed by atoms with E-state index in [1.807, 2.05) is 0 Å². The third-order valence-corrected chi connectivity index (χ3v) is 11.7. The van der Waals surface area contributed by atoms with E-state index in [1.165, 1.54) is 30.3 Å². The van der Waals surface area contributed by atoms with E-state index in [0.29, 0.717) is 44.3 Å². The first-order valence-electron chi connectivity index (χ1n) is 14.7. The van der Waals surface area contributed by atoms with Gasteiger partial charge in [0.25, 0.3) is 5.91 Å². The number of benzene rings is 3. The van der Waals surface area contributed by atoms with Crippen LogP contribution in [0.1, 0.15) is 52.7 Å². The number of carbonyl (C=O) groups excluding carboxylic acids is 1. The Kier molecular flexibility index (Phi) is 7.77. The maximum Gasteiger partial charge on any atom is 0.416 e. The van der Waals surface area contributed by atoms with Gasteiger partial charge >= 0.3 is 22.2 Å². The standard InChI is InChI=1S/C32H31F4N3O5S/c33-23-8-10-24(11-9-23)45(43,44)39(19-28(40)41)27-12-7-21(30(42)38-18-22-3-1-2-4-25(22)32(34,35)36)17-26(27)31(13-15-37-16-14-31)29(39)20-5-6-20/h1-4,7-12,17,20,29,37H,5-6,13-16,18-19H2,(H-,38,40,41,42)/p+1. The fraction of sp³-hybridized carbons (Fsp3) is 0.375. The van der Waals surface area contributed by atoms with Crippen LogP contribution in [0.4, 0.5) is 23.2 Å². The number of carboxylic acid groups (broad SMARTS) is 1. The molecule has 2 fully saturated rings. The predicted octanol–water partition coefficient (Wildman–Crippen LogP) is 4.97. The van der Waals surface area contributed by atoms with E-state index in [2.05, 4.69) is 10.6 Å². The molecule has 3 aromatic rings. The van der Waals surface area contributed by atoms with Crippen LogP contribution in [0.25, 0.3) is 0 Å². The zero-order valence-corrected chi connectivity index (χ0v) is 24.9. The number of quaternary nitrogens is 1. The Hall–Kier alpha value is -3.81. The van der Waals surface area contributed by atoms with Gasteiger partial charge in [0.15, 0.2) is 12.2 Å². The van der Waals surface area contributed by atoms with Crippen molar-refractivity contribution in [2.24, 2.45) is 5.92 Å². The lowest BCUT2D eigenvalue weighted by Crippen LogP contribution is -2.66. The van der Waals surface area contributed by atoms with Gasteiger partial charge in [-0.3, -0.25) is 4.79 Å². The van der Waals surface area contributed by atoms with Gasteiger partial charge in [-0.25, -0.2) is 9.18 Å². The zero-order chi connectivity index (χ0) is 32.2. The minimum absolute atomic E-state index is 0.106. The van der Waals surface area contributed by atoms with E-state index in [-0.39, 0.29) is 34.2 Å². The van der Waals surface area contributed by atoms with Crippen LogP contribution < -0.4 is 14.5 Å². The Morgan fingerprint density at radius 3 is 2.29 bits per heavy atom. The number of nitrogens with zero attached hydrogens (tertiary/aromatic N) is 1. The highest BCUT2D eigenvalue weighted by atomic mass is 32.2. The second-order valence-electron chi connectivity index (χ2n) is 12.0. The van der Waals surface area contributed by atoms with E-state index in [0.717, 1.165) is 30.3 Å². The van der Waals surface area contributed by atoms with Gasteiger partial charge in [0.2, 0.25) is 0 Å². The summed E-state index contributed by atoms with van der Waals surface area (Å²) in [5.74, 6) is -2.72. The Morgan fingerprint density at radius 2 is 1.67 bits per heavy atom. The third kappa shape index (κ3) is 5.20. The molecule has 2 aliphatic heterocycles. The molecule has 13 heteroatoms. The molecule has 0 aromatic heterocycles. The number of hydrogen-bond acceptors (Lipinski definition) is 5. The minimum atomic E-state index is -4.60. The fourth-order valence-corrected chi connectivity index (χ4v) is 9.76. The third-order valence-electron chi connectivity index (χ3n) is 9.46. The molecular weight excluding hydrogens is 614 g/mol. The molecule has 2 heterocycles. The van der Waals surface area contributed by atoms with Gasteiger partial charge in [-0.15, -0.1) is 0 Å². The molecule has 6 rings (SSSR count). The summed E-state index contributed by atoms with van der Waals surface area (Å²) in [5, 5.41) is 16.1. The summed E-state index contributed by atoms with van der Waals surface area (Å²) in [6.45, 7) is -0.0832. The van der Waals surface area contributed by atoms with Crippen molar-refractivity contribution < 1.29 is 40.7 Å². The normalized spacial score (nSPS) is 22.6. The lowest BCUT2D eigenvalue weighted by molar-refractivity contribution is -0.138. The molecule has 8 nitrogen and oxygen atoms in total. The van der Waals surface area contributed by atoms with Crippen molar-refractivity contribution in [3.05, 3.63) is 94.8 Å². The van der Waals surface area contributed by atoms with Crippen LogP contribution in [0.2, 0.25) is 0 Å². The highest BCUT2D eigenvalue weighted by Crippen LogP contribution is 2.62. The molecule has 1 saturated carbocycles. The molecule has 45 heavy (non-hydrogen) atoms. The summed E-state index contributed by atoms with van der Waals surface area (Å²) in [5.41, 5.74) is -0.841. The van der Waals surface area contributed by atoms with E-state index in [1.54, 1.807) is 6.07 Å². The van der Waals surface area contributed by atoms with Crippen molar-refractivity contribution >= 4 is 27.6 Å². The first kappa shape index (κ1) is 31.2. The summed E-state index contributed by atoms with van der Waals surface area (Å²) >= 11 is 0. The number of hydrogen-bond donors (Lipinski definition) is 3. The summed E-state index contributed by atoms with van der Waals surface area (Å²) < 4.78 is 83.0. The van der Waals surface area contributed by atoms with Crippen LogP contribution in [0.5, 0.6) is 0 Å². The maximum atomic E-state index is 14.7. The van der Waals surface area contributed by atoms with Crippen molar-refractivity contribution in [1.29, 1.82) is 0 Å². The Bertz CT molecular complexity index is 1750. The first-order valence-corrected chi connectivity index (χ1v) is 16.1. The Labute approximate surface area is 257 Å². The fourth-order valence-electron chi connectivity index (χ4n) is 7.53. The van der Waals surface area contributed by atoms with Crippen molar-refractivity contribution in [1.82, 2.24) is 14.5 Å². The molecule has 2 atom stereocenters. The lowest BCUT2D eigenvalue weighted by Gasteiger charge is -2.44. The van der Waals surface area contributed by atoms with Crippen LogP contribution in [-0.2, 0) is 33.0 Å². The number of amides is 1. The summed E-state index contributed by atoms with van der Waals surface area (Å²) in [6.07, 6.45) is -2.21. The molecule has 3 aromatic carbocycles. The van der Waals surface area contributed by atoms with E-state index < -0.39 is 61.3 Å². The molecular formula is C32H32F4N3O5S+. The van der Waals surface area contributed by atoms with Gasteiger partial charge in [-0.1, -0.05) is 18.2 Å². The van der Waals surface area contributed by atoms with Crippen molar-refractivity contribution in [2.75, 3.05) is 19.6 Å². The molecule has 3 aliphatic rings. The SMILES string of the molecule is O=C(O)C[N+]1(S(=O)(=O)c2ccc(F)cc2)c2ccc(C(=O)NCc3ccccc3C(F)(F)F)cc2C2(CCNCC2)C1C1CC1. The lowest BCUT2D eigenvalue weighted by atomic mass is 9.68. The number of piperidine rings is 1. The van der Waals surface area contributed by atoms with Crippen LogP contribution in [0.3, 0.4) is 0 Å². The van der Waals surface area contributed by atoms with E-state index in [9.17, 15) is 40.7 Å². The molecule has 1 amide bonds. The molecule has 0 bridgehead atoms. The number of rotatable bonds is 8. The Morgan fingerprint density at radius 1 is 1.00 bits per heavy atom. The van der Waals surface area contributed by atoms with E-state index >= 15 is 0 Å². The summed E-state index contributed by atoms with van der Waals surface area (Å²) in [7, 11) is -4.49. The van der Waals surface area contributed by atoms with Gasteiger partial charge < -0.3 is 15.7 Å². The molecule has 3 N–H and O–H groups in total. The van der Waals surface area contributed by atoms with Gasteiger partial charge in [0.1, 0.15) is 16.8 Å². The largest absolute Gasteiger partial charge is 0.477 e. The molecule has 0 radical (unpaired) electrons. The van der Waals surface area contributed by atoms with Crippen LogP contribution >= 0.6 is 0 Å². The quantitative estimate of drug-likeness (QED) is 0.236. The topological polar surface area (TPSA) is 113 Å². The van der Waals surface area contributed by atoms with Crippen molar-refractivity contribution in [3.8, 4) is 0 Å². The number of halogens is 4. The van der Waals surface area contributed by atoms with Crippen LogP contribution in [0.15, 0.2) is 71.6 Å². The van der Waals surface area contributed by atoms with Crippen LogP contribution in [-0.4, -0.2) is 51.1 Å². The number of nitrogens with one attached hydrogen (secondary N) is 2. The summed E-state index contributed by atoms with van der Waals surface area (Å²) in [4.78, 5) is 25.8. The average Bonchev–Trinajstić information content (AvgIpc) is 3.81. The molecule has 2 unspecified atom stereocenters. The average molecular weight is 647 g/mol. The first-order chi connectivity index (χ1) is 21.3. The number of aliphatic carboxylic acids is 1. The summed E-state index contributed by atoms with van der Waals surface area (Å²) in [6, 6.07) is 13.1. The molecule has 1 aliphatic carbocycles. The second-order valence-corrected chi connectivity index (χ2v) is 14.1. The number of alkyl halides is 3. The second kappa shape index (κ2) is 11.2. The highest BCUT2D eigenvalue weighted by molar-refractivity contribution is 7.91. The molecule has 238 valence electrons. The van der Waals surface area contributed by atoms with Crippen molar-refractivity contribution in [3.63, 3.8) is 0 Å². The zero-order valence-electron chi connectivity index (χ0n) is 24.1. The predicted molar refractivity (Wildman–Crippen MR) is 157 cm³/mol. The van der Waals surface area contributed by atoms with Gasteiger partial charge in [0.05, 0.1) is 11.0 Å². The monoisotopic (exact) mass is 646 g/mol. The van der Waals surface area contributed by atoms with Gasteiger partial charge in [-0.2, -0.15) is 25.5 Å².